The van der Waals surface area contributed by atoms with E-state index in [1.807, 2.05) is 22.6 Å². The maximum atomic E-state index is 11.7. The van der Waals surface area contributed by atoms with Crippen molar-refractivity contribution in [3.8, 4) is 11.5 Å². The van der Waals surface area contributed by atoms with Crippen LogP contribution in [0.5, 0.6) is 11.5 Å². The van der Waals surface area contributed by atoms with E-state index in [-0.39, 0.29) is 11.4 Å². The number of ether oxygens (including phenoxy) is 1. The number of phenolic OH excluding ortho intramolecular Hbond substituents is 1. The first-order valence-corrected chi connectivity index (χ1v) is 7.01. The third-order valence-corrected chi connectivity index (χ3v) is 3.37. The van der Waals surface area contributed by atoms with E-state index in [4.69, 9.17) is 4.74 Å². The van der Waals surface area contributed by atoms with Crippen LogP contribution in [-0.4, -0.2) is 34.5 Å². The third-order valence-electron chi connectivity index (χ3n) is 2.57. The van der Waals surface area contributed by atoms with Gasteiger partial charge in [0.05, 0.1) is 16.9 Å². The Morgan fingerprint density at radius 3 is 2.86 bits per heavy atom. The molecule has 21 heavy (non-hydrogen) atoms. The number of hydrogen-bond acceptors (Lipinski definition) is 5. The summed E-state index contributed by atoms with van der Waals surface area (Å²) in [5.41, 5.74) is 4.05. The Balaban J connectivity index is 2.06. The average Bonchev–Trinajstić information content (AvgIpc) is 2.85. The molecule has 2 aromatic rings. The Hall–Kier alpha value is -2.10. The number of hydrogen-bond donors (Lipinski definition) is 3. The number of aromatic hydroxyl groups is 1. The molecule has 8 heteroatoms. The fourth-order valence-electron chi connectivity index (χ4n) is 1.63. The number of benzene rings is 1. The SMILES string of the molecule is COc1c(O)cc(/C=N\NC(=O)c2cc(C)[nH]n2)cc1I. The second-order valence-corrected chi connectivity index (χ2v) is 5.35. The van der Waals surface area contributed by atoms with E-state index >= 15 is 0 Å². The van der Waals surface area contributed by atoms with Gasteiger partial charge in [0.2, 0.25) is 0 Å². The van der Waals surface area contributed by atoms with E-state index in [2.05, 4.69) is 20.7 Å². The van der Waals surface area contributed by atoms with Crippen molar-refractivity contribution >= 4 is 34.7 Å². The molecular formula is C13H13IN4O3. The maximum absolute atomic E-state index is 11.7. The summed E-state index contributed by atoms with van der Waals surface area (Å²) in [5, 5.41) is 20.1. The summed E-state index contributed by atoms with van der Waals surface area (Å²) in [7, 11) is 1.48. The number of phenols is 1. The summed E-state index contributed by atoms with van der Waals surface area (Å²) < 4.78 is 5.79. The lowest BCUT2D eigenvalue weighted by Gasteiger charge is -2.06. The first-order chi connectivity index (χ1) is 10.0. The minimum absolute atomic E-state index is 0.0140. The van der Waals surface area contributed by atoms with Crippen molar-refractivity contribution in [2.24, 2.45) is 5.10 Å². The van der Waals surface area contributed by atoms with Gasteiger partial charge in [0.15, 0.2) is 17.2 Å². The summed E-state index contributed by atoms with van der Waals surface area (Å²) in [6.07, 6.45) is 1.43. The summed E-state index contributed by atoms with van der Waals surface area (Å²) in [4.78, 5) is 11.7. The highest BCUT2D eigenvalue weighted by Crippen LogP contribution is 2.31. The van der Waals surface area contributed by atoms with Gasteiger partial charge in [-0.15, -0.1) is 0 Å². The minimum atomic E-state index is -0.414. The van der Waals surface area contributed by atoms with Crippen molar-refractivity contribution in [3.05, 3.63) is 38.7 Å². The van der Waals surface area contributed by atoms with Gasteiger partial charge in [-0.05, 0) is 53.3 Å². The summed E-state index contributed by atoms with van der Waals surface area (Å²) >= 11 is 2.04. The number of aromatic nitrogens is 2. The molecule has 3 N–H and O–H groups in total. The molecule has 0 aliphatic rings. The van der Waals surface area contributed by atoms with Crippen molar-refractivity contribution in [2.75, 3.05) is 7.11 Å². The topological polar surface area (TPSA) is 99.6 Å². The van der Waals surface area contributed by atoms with E-state index in [9.17, 15) is 9.90 Å². The highest BCUT2D eigenvalue weighted by Gasteiger charge is 2.09. The van der Waals surface area contributed by atoms with Crippen LogP contribution >= 0.6 is 22.6 Å². The summed E-state index contributed by atoms with van der Waals surface area (Å²) in [5.74, 6) is 0.00640. The fourth-order valence-corrected chi connectivity index (χ4v) is 2.49. The van der Waals surface area contributed by atoms with Gasteiger partial charge in [-0.25, -0.2) is 5.43 Å². The largest absolute Gasteiger partial charge is 0.504 e. The predicted molar refractivity (Wildman–Crippen MR) is 85.8 cm³/mol. The first kappa shape index (κ1) is 15.3. The van der Waals surface area contributed by atoms with Gasteiger partial charge in [0, 0.05) is 5.69 Å². The number of aromatic amines is 1. The molecule has 0 saturated carbocycles. The van der Waals surface area contributed by atoms with Crippen LogP contribution in [0.15, 0.2) is 23.3 Å². The van der Waals surface area contributed by atoms with Crippen LogP contribution in [0, 0.1) is 10.5 Å². The molecule has 1 heterocycles. The van der Waals surface area contributed by atoms with Gasteiger partial charge in [0.25, 0.3) is 5.91 Å². The standard InChI is InChI=1S/C13H13IN4O3/c1-7-3-10(17-16-7)13(20)18-15-6-8-4-9(14)12(21-2)11(19)5-8/h3-6,19H,1-2H3,(H,16,17)(H,18,20)/b15-6-. The van der Waals surface area contributed by atoms with Crippen molar-refractivity contribution in [1.29, 1.82) is 0 Å². The van der Waals surface area contributed by atoms with E-state index < -0.39 is 5.91 Å². The second-order valence-electron chi connectivity index (χ2n) is 4.19. The van der Waals surface area contributed by atoms with E-state index in [0.29, 0.717) is 11.3 Å². The lowest BCUT2D eigenvalue weighted by Crippen LogP contribution is -2.18. The van der Waals surface area contributed by atoms with Crippen LogP contribution in [0.1, 0.15) is 21.7 Å². The molecule has 2 rings (SSSR count). The van der Waals surface area contributed by atoms with Crippen LogP contribution in [0.3, 0.4) is 0 Å². The number of halogens is 1. The molecule has 0 saturated heterocycles. The van der Waals surface area contributed by atoms with E-state index in [1.165, 1.54) is 19.4 Å². The molecule has 7 nitrogen and oxygen atoms in total. The number of hydrazone groups is 1. The molecule has 0 bridgehead atoms. The average molecular weight is 400 g/mol. The van der Waals surface area contributed by atoms with Crippen molar-refractivity contribution in [1.82, 2.24) is 15.6 Å². The number of nitrogens with one attached hydrogen (secondary N) is 2. The molecule has 1 amide bonds. The fraction of sp³-hybridized carbons (Fsp3) is 0.154. The van der Waals surface area contributed by atoms with Gasteiger partial charge in [0.1, 0.15) is 0 Å². The van der Waals surface area contributed by atoms with Crippen LogP contribution in [-0.2, 0) is 0 Å². The Kier molecular flexibility index (Phi) is 4.78. The Morgan fingerprint density at radius 2 is 2.29 bits per heavy atom. The lowest BCUT2D eigenvalue weighted by atomic mass is 10.2. The number of methoxy groups -OCH3 is 1. The molecule has 0 atom stereocenters. The number of carbonyl (C=O) groups is 1. The first-order valence-electron chi connectivity index (χ1n) is 5.93. The van der Waals surface area contributed by atoms with Crippen molar-refractivity contribution in [2.45, 2.75) is 6.92 Å². The molecule has 110 valence electrons. The van der Waals surface area contributed by atoms with Crippen LogP contribution in [0.25, 0.3) is 0 Å². The Morgan fingerprint density at radius 1 is 1.52 bits per heavy atom. The Bertz CT molecular complexity index is 673. The zero-order valence-electron chi connectivity index (χ0n) is 11.3. The molecule has 0 fully saturated rings. The van der Waals surface area contributed by atoms with Gasteiger partial charge >= 0.3 is 0 Å². The molecule has 1 aromatic heterocycles. The van der Waals surface area contributed by atoms with Gasteiger partial charge in [-0.1, -0.05) is 0 Å². The number of amides is 1. The van der Waals surface area contributed by atoms with Crippen molar-refractivity contribution in [3.63, 3.8) is 0 Å². The van der Waals surface area contributed by atoms with E-state index in [1.54, 1.807) is 19.1 Å². The summed E-state index contributed by atoms with van der Waals surface area (Å²) in [6, 6.07) is 4.88. The minimum Gasteiger partial charge on any atom is -0.504 e. The van der Waals surface area contributed by atoms with Gasteiger partial charge < -0.3 is 9.84 Å². The van der Waals surface area contributed by atoms with Crippen LogP contribution in [0.2, 0.25) is 0 Å². The van der Waals surface area contributed by atoms with Crippen molar-refractivity contribution < 1.29 is 14.6 Å². The normalized spacial score (nSPS) is 10.8. The number of carbonyl (C=O) groups excluding carboxylic acids is 1. The molecule has 0 radical (unpaired) electrons. The number of nitrogens with zero attached hydrogens (tertiary/aromatic N) is 2. The quantitative estimate of drug-likeness (QED) is 0.414. The number of H-pyrrole nitrogens is 1. The molecule has 0 aliphatic carbocycles. The molecule has 1 aromatic carbocycles. The van der Waals surface area contributed by atoms with Gasteiger partial charge in [-0.2, -0.15) is 10.2 Å². The third kappa shape index (κ3) is 3.72. The highest BCUT2D eigenvalue weighted by atomic mass is 127. The number of rotatable bonds is 4. The van der Waals surface area contributed by atoms with Gasteiger partial charge in [-0.3, -0.25) is 9.89 Å². The number of aryl methyl sites for hydroxylation is 1. The smallest absolute Gasteiger partial charge is 0.291 e. The van der Waals surface area contributed by atoms with E-state index in [0.717, 1.165) is 9.26 Å². The Labute approximate surface area is 134 Å². The van der Waals surface area contributed by atoms with Crippen LogP contribution in [0.4, 0.5) is 0 Å². The van der Waals surface area contributed by atoms with Crippen LogP contribution < -0.4 is 10.2 Å². The zero-order chi connectivity index (χ0) is 15.4. The zero-order valence-corrected chi connectivity index (χ0v) is 13.5. The summed E-state index contributed by atoms with van der Waals surface area (Å²) in [6.45, 7) is 1.80. The predicted octanol–water partition coefficient (Wildman–Crippen LogP) is 1.80. The molecule has 0 aliphatic heterocycles. The maximum Gasteiger partial charge on any atom is 0.291 e. The lowest BCUT2D eigenvalue weighted by molar-refractivity contribution is 0.0950. The monoisotopic (exact) mass is 400 g/mol. The molecular weight excluding hydrogens is 387 g/mol. The highest BCUT2D eigenvalue weighted by molar-refractivity contribution is 14.1. The molecule has 0 spiro atoms. The second kappa shape index (κ2) is 6.57. The molecule has 0 unspecified atom stereocenters.